The molecule has 2 rings (SSSR count). The average Bonchev–Trinajstić information content (AvgIpc) is 2.69. The minimum atomic E-state index is -0.186. The average molecular weight is 324 g/mol. The molecule has 0 radical (unpaired) electrons. The van der Waals surface area contributed by atoms with E-state index in [0.29, 0.717) is 5.02 Å². The summed E-state index contributed by atoms with van der Waals surface area (Å²) in [5.41, 5.74) is 0.812. The number of benzene rings is 1. The van der Waals surface area contributed by atoms with Crippen LogP contribution in [0.4, 0.5) is 0 Å². The van der Waals surface area contributed by atoms with Crippen LogP contribution in [0.5, 0.6) is 0 Å². The Morgan fingerprint density at radius 3 is 2.81 bits per heavy atom. The SMILES string of the molecule is CC1(C(Br)c2cc(Cl)ccc2Cl)CCCO1. The largest absolute Gasteiger partial charge is 0.374 e. The van der Waals surface area contributed by atoms with Crippen molar-refractivity contribution in [2.75, 3.05) is 6.61 Å². The van der Waals surface area contributed by atoms with Crippen molar-refractivity contribution in [1.82, 2.24) is 0 Å². The van der Waals surface area contributed by atoms with E-state index in [9.17, 15) is 0 Å². The van der Waals surface area contributed by atoms with E-state index in [1.807, 2.05) is 12.1 Å². The minimum absolute atomic E-state index is 0.0775. The molecule has 16 heavy (non-hydrogen) atoms. The monoisotopic (exact) mass is 322 g/mol. The number of rotatable bonds is 2. The maximum absolute atomic E-state index is 6.19. The molecule has 1 aromatic carbocycles. The maximum Gasteiger partial charge on any atom is 0.0821 e. The molecule has 4 heteroatoms. The fourth-order valence-corrected chi connectivity index (χ4v) is 3.32. The van der Waals surface area contributed by atoms with E-state index < -0.39 is 0 Å². The molecule has 0 aromatic heterocycles. The predicted octanol–water partition coefficient (Wildman–Crippen LogP) is 5.00. The van der Waals surface area contributed by atoms with Gasteiger partial charge in [-0.3, -0.25) is 0 Å². The maximum atomic E-state index is 6.19. The smallest absolute Gasteiger partial charge is 0.0821 e. The first kappa shape index (κ1) is 12.7. The lowest BCUT2D eigenvalue weighted by atomic mass is 9.93. The third-order valence-electron chi connectivity index (χ3n) is 3.02. The summed E-state index contributed by atoms with van der Waals surface area (Å²) in [5, 5.41) is 1.42. The summed E-state index contributed by atoms with van der Waals surface area (Å²) in [4.78, 5) is 0.0775. The second-order valence-electron chi connectivity index (χ2n) is 4.29. The van der Waals surface area contributed by atoms with E-state index in [1.165, 1.54) is 0 Å². The van der Waals surface area contributed by atoms with E-state index in [2.05, 4.69) is 22.9 Å². The molecule has 1 nitrogen and oxygen atoms in total. The first-order chi connectivity index (χ1) is 7.53. The number of ether oxygens (including phenoxy) is 1. The second-order valence-corrected chi connectivity index (χ2v) is 6.05. The van der Waals surface area contributed by atoms with Crippen molar-refractivity contribution >= 4 is 39.1 Å². The fourth-order valence-electron chi connectivity index (χ4n) is 2.04. The molecule has 1 aliphatic heterocycles. The molecule has 1 aromatic rings. The molecule has 1 heterocycles. The van der Waals surface area contributed by atoms with Gasteiger partial charge in [-0.25, -0.2) is 0 Å². The number of halogens is 3. The van der Waals surface area contributed by atoms with Crippen LogP contribution in [0, 0.1) is 0 Å². The predicted molar refractivity (Wildman–Crippen MR) is 71.7 cm³/mol. The van der Waals surface area contributed by atoms with Gasteiger partial charge in [-0.15, -0.1) is 0 Å². The molecule has 1 fully saturated rings. The van der Waals surface area contributed by atoms with Crippen molar-refractivity contribution < 1.29 is 4.74 Å². The summed E-state index contributed by atoms with van der Waals surface area (Å²) >= 11 is 15.9. The van der Waals surface area contributed by atoms with Crippen molar-refractivity contribution in [3.8, 4) is 0 Å². The van der Waals surface area contributed by atoms with Gasteiger partial charge in [-0.05, 0) is 43.5 Å². The standard InChI is InChI=1S/C12H13BrCl2O/c1-12(5-2-6-16-12)11(13)9-7-8(14)3-4-10(9)15/h3-4,7,11H,2,5-6H2,1H3. The van der Waals surface area contributed by atoms with E-state index in [4.69, 9.17) is 27.9 Å². The molecular weight excluding hydrogens is 311 g/mol. The third-order valence-corrected chi connectivity index (χ3v) is 5.06. The first-order valence-electron chi connectivity index (χ1n) is 5.26. The van der Waals surface area contributed by atoms with Crippen LogP contribution >= 0.6 is 39.1 Å². The zero-order chi connectivity index (χ0) is 11.8. The van der Waals surface area contributed by atoms with Crippen LogP contribution in [0.15, 0.2) is 18.2 Å². The van der Waals surface area contributed by atoms with Gasteiger partial charge in [0.1, 0.15) is 0 Å². The Labute approximate surface area is 114 Å². The number of alkyl halides is 1. The molecule has 0 N–H and O–H groups in total. The molecule has 1 saturated heterocycles. The first-order valence-corrected chi connectivity index (χ1v) is 6.93. The van der Waals surface area contributed by atoms with E-state index in [1.54, 1.807) is 6.07 Å². The summed E-state index contributed by atoms with van der Waals surface area (Å²) in [6.07, 6.45) is 2.13. The lowest BCUT2D eigenvalue weighted by Crippen LogP contribution is -2.28. The van der Waals surface area contributed by atoms with Gasteiger partial charge in [0, 0.05) is 16.7 Å². The van der Waals surface area contributed by atoms with Crippen molar-refractivity contribution in [2.24, 2.45) is 0 Å². The van der Waals surface area contributed by atoms with Crippen molar-refractivity contribution in [3.63, 3.8) is 0 Å². The van der Waals surface area contributed by atoms with E-state index in [-0.39, 0.29) is 10.4 Å². The summed E-state index contributed by atoms with van der Waals surface area (Å²) in [5.74, 6) is 0. The molecule has 0 aliphatic carbocycles. The van der Waals surface area contributed by atoms with Gasteiger partial charge in [0.2, 0.25) is 0 Å². The number of hydrogen-bond acceptors (Lipinski definition) is 1. The molecule has 0 spiro atoms. The highest BCUT2D eigenvalue weighted by Crippen LogP contribution is 2.45. The molecule has 0 bridgehead atoms. The van der Waals surface area contributed by atoms with Crippen LogP contribution in [-0.4, -0.2) is 12.2 Å². The van der Waals surface area contributed by atoms with Gasteiger partial charge in [0.15, 0.2) is 0 Å². The van der Waals surface area contributed by atoms with Crippen LogP contribution in [0.3, 0.4) is 0 Å². The van der Waals surface area contributed by atoms with Gasteiger partial charge >= 0.3 is 0 Å². The summed E-state index contributed by atoms with van der Waals surface area (Å²) < 4.78 is 5.80. The van der Waals surface area contributed by atoms with Crippen LogP contribution in [0.1, 0.15) is 30.2 Å². The highest BCUT2D eigenvalue weighted by atomic mass is 79.9. The Bertz CT molecular complexity index is 389. The molecule has 2 atom stereocenters. The fraction of sp³-hybridized carbons (Fsp3) is 0.500. The van der Waals surface area contributed by atoms with Crippen molar-refractivity contribution in [2.45, 2.75) is 30.2 Å². The second kappa shape index (κ2) is 4.85. The van der Waals surface area contributed by atoms with Crippen molar-refractivity contribution in [1.29, 1.82) is 0 Å². The van der Waals surface area contributed by atoms with Gasteiger partial charge in [-0.2, -0.15) is 0 Å². The molecule has 88 valence electrons. The molecule has 0 amide bonds. The molecule has 0 saturated carbocycles. The lowest BCUT2D eigenvalue weighted by Gasteiger charge is -2.30. The highest BCUT2D eigenvalue weighted by Gasteiger charge is 2.38. The molecular formula is C12H13BrCl2O. The summed E-state index contributed by atoms with van der Waals surface area (Å²) in [7, 11) is 0. The lowest BCUT2D eigenvalue weighted by molar-refractivity contribution is 0.0198. The van der Waals surface area contributed by atoms with E-state index >= 15 is 0 Å². The summed E-state index contributed by atoms with van der Waals surface area (Å²) in [6.45, 7) is 2.92. The van der Waals surface area contributed by atoms with Crippen LogP contribution in [-0.2, 0) is 4.74 Å². The number of hydrogen-bond donors (Lipinski definition) is 0. The zero-order valence-corrected chi connectivity index (χ0v) is 12.1. The van der Waals surface area contributed by atoms with Crippen LogP contribution in [0.2, 0.25) is 10.0 Å². The Morgan fingerprint density at radius 1 is 1.44 bits per heavy atom. The Morgan fingerprint density at radius 2 is 2.19 bits per heavy atom. The zero-order valence-electron chi connectivity index (χ0n) is 8.97. The van der Waals surface area contributed by atoms with Crippen LogP contribution < -0.4 is 0 Å². The quantitative estimate of drug-likeness (QED) is 0.696. The Kier molecular flexibility index (Phi) is 3.85. The van der Waals surface area contributed by atoms with Crippen molar-refractivity contribution in [3.05, 3.63) is 33.8 Å². The highest BCUT2D eigenvalue weighted by molar-refractivity contribution is 9.09. The van der Waals surface area contributed by atoms with Gasteiger partial charge in [0.05, 0.1) is 10.4 Å². The minimum Gasteiger partial charge on any atom is -0.374 e. The normalized spacial score (nSPS) is 27.0. The molecule has 1 aliphatic rings. The van der Waals surface area contributed by atoms with Gasteiger partial charge < -0.3 is 4.74 Å². The Hall–Kier alpha value is 0.240. The third kappa shape index (κ3) is 2.40. The topological polar surface area (TPSA) is 9.23 Å². The van der Waals surface area contributed by atoms with Gasteiger partial charge in [0.25, 0.3) is 0 Å². The summed E-state index contributed by atoms with van der Waals surface area (Å²) in [6, 6.07) is 5.52. The Balaban J connectivity index is 2.32. The molecule has 2 unspecified atom stereocenters. The van der Waals surface area contributed by atoms with E-state index in [0.717, 1.165) is 30.0 Å². The van der Waals surface area contributed by atoms with Crippen LogP contribution in [0.25, 0.3) is 0 Å². The van der Waals surface area contributed by atoms with Gasteiger partial charge in [-0.1, -0.05) is 39.1 Å².